The molecule has 0 saturated heterocycles. The molecule has 0 nitrogen and oxygen atoms in total. The molecule has 0 heterocycles. The van der Waals surface area contributed by atoms with E-state index in [1.54, 1.807) is 0 Å². The highest BCUT2D eigenvalue weighted by molar-refractivity contribution is 6.83. The Morgan fingerprint density at radius 1 is 0.786 bits per heavy atom. The van der Waals surface area contributed by atoms with Crippen molar-refractivity contribution in [2.45, 2.75) is 43.9 Å². The first-order valence-corrected chi connectivity index (χ1v) is 8.05. The Morgan fingerprint density at radius 3 is 1.14 bits per heavy atom. The van der Waals surface area contributed by atoms with Crippen LogP contribution in [-0.2, 0) is 0 Å². The minimum Gasteiger partial charge on any atom is -0.103 e. The molecule has 0 aliphatic rings. The second kappa shape index (κ2) is 5.35. The van der Waals surface area contributed by atoms with Gasteiger partial charge in [-0.25, -0.2) is 0 Å². The molecule has 0 spiro atoms. The van der Waals surface area contributed by atoms with Gasteiger partial charge in [0.25, 0.3) is 0 Å². The summed E-state index contributed by atoms with van der Waals surface area (Å²) in [5.41, 5.74) is 1.80. The smallest absolute Gasteiger partial charge is 0.0702 e. The highest BCUT2D eigenvalue weighted by Gasteiger charge is 2.39. The average molecular weight is 208 g/mol. The minimum absolute atomic E-state index is 0.600. The van der Waals surface area contributed by atoms with Gasteiger partial charge in [0.05, 0.1) is 8.07 Å². The summed E-state index contributed by atoms with van der Waals surface area (Å²) >= 11 is 0. The van der Waals surface area contributed by atoms with Crippen molar-refractivity contribution in [2.24, 2.45) is 0 Å². The summed E-state index contributed by atoms with van der Waals surface area (Å²) in [6.45, 7) is 21.0. The van der Waals surface area contributed by atoms with Gasteiger partial charge in [-0.1, -0.05) is 45.5 Å². The van der Waals surface area contributed by atoms with E-state index in [0.717, 1.165) is 0 Å². The van der Waals surface area contributed by atoms with Crippen LogP contribution in [0.2, 0.25) is 23.2 Å². The van der Waals surface area contributed by atoms with Crippen molar-refractivity contribution in [3.05, 3.63) is 38.0 Å². The lowest BCUT2D eigenvalue weighted by Crippen LogP contribution is -2.41. The second-order valence-electron chi connectivity index (χ2n) is 4.44. The van der Waals surface area contributed by atoms with Crippen LogP contribution in [0.15, 0.2) is 38.0 Å². The van der Waals surface area contributed by atoms with Gasteiger partial charge in [-0.15, -0.1) is 19.7 Å². The van der Waals surface area contributed by atoms with E-state index in [1.165, 1.54) is 0 Å². The molecule has 0 bridgehead atoms. The van der Waals surface area contributed by atoms with E-state index in [9.17, 15) is 0 Å². The van der Waals surface area contributed by atoms with Gasteiger partial charge in [-0.05, 0) is 16.6 Å². The summed E-state index contributed by atoms with van der Waals surface area (Å²) in [7, 11) is -1.41. The van der Waals surface area contributed by atoms with Crippen molar-refractivity contribution >= 4 is 8.07 Å². The monoisotopic (exact) mass is 208 g/mol. The van der Waals surface area contributed by atoms with Crippen LogP contribution in [-0.4, -0.2) is 8.07 Å². The van der Waals surface area contributed by atoms with Crippen LogP contribution >= 0.6 is 0 Å². The largest absolute Gasteiger partial charge is 0.103 e. The Balaban J connectivity index is 5.11. The van der Waals surface area contributed by atoms with Gasteiger partial charge in [0.15, 0.2) is 0 Å². The van der Waals surface area contributed by atoms with Crippen LogP contribution < -0.4 is 0 Å². The Kier molecular flexibility index (Phi) is 5.14. The third-order valence-corrected chi connectivity index (χ3v) is 10.6. The number of hydrogen-bond acceptors (Lipinski definition) is 0. The van der Waals surface area contributed by atoms with E-state index in [2.05, 4.69) is 65.3 Å². The molecule has 0 amide bonds. The zero-order valence-corrected chi connectivity index (χ0v) is 11.1. The van der Waals surface area contributed by atoms with E-state index >= 15 is 0 Å². The molecule has 0 aromatic rings. The summed E-state index contributed by atoms with van der Waals surface area (Å²) in [4.78, 5) is 0. The normalized spacial score (nSPS) is 21.4. The molecule has 0 N–H and O–H groups in total. The highest BCUT2D eigenvalue weighted by atomic mass is 28.3. The number of allylic oxidation sites excluding steroid dienone is 3. The lowest BCUT2D eigenvalue weighted by molar-refractivity contribution is 0.933. The predicted molar refractivity (Wildman–Crippen MR) is 70.5 cm³/mol. The Bertz CT molecular complexity index is 181. The first kappa shape index (κ1) is 13.4. The zero-order valence-electron chi connectivity index (χ0n) is 10.1. The van der Waals surface area contributed by atoms with Crippen molar-refractivity contribution in [1.29, 1.82) is 0 Å². The molecule has 0 aliphatic carbocycles. The summed E-state index contributed by atoms with van der Waals surface area (Å²) in [5.74, 6) is 0. The lowest BCUT2D eigenvalue weighted by Gasteiger charge is -2.40. The predicted octanol–water partition coefficient (Wildman–Crippen LogP) is 4.79. The molecule has 0 saturated carbocycles. The third-order valence-electron chi connectivity index (χ3n) is 4.00. The van der Waals surface area contributed by atoms with Crippen LogP contribution in [0.5, 0.6) is 0 Å². The quantitative estimate of drug-likeness (QED) is 0.435. The average Bonchev–Trinajstić information content (AvgIpc) is 2.24. The molecule has 14 heavy (non-hydrogen) atoms. The molecule has 0 aliphatic heterocycles. The molecule has 80 valence electrons. The van der Waals surface area contributed by atoms with Gasteiger partial charge in [0.2, 0.25) is 0 Å². The standard InChI is InChI=1S/C13H24Si/c1-8-11(4)14(7,12(5)9-2)13(6)10-3/h8-13H,1-3H2,4-7H3. The summed E-state index contributed by atoms with van der Waals surface area (Å²) in [6, 6.07) is 0. The van der Waals surface area contributed by atoms with Crippen molar-refractivity contribution in [1.82, 2.24) is 0 Å². The third kappa shape index (κ3) is 2.27. The Labute approximate surface area is 90.4 Å². The molecular formula is C13H24Si. The maximum Gasteiger partial charge on any atom is 0.0702 e. The SMILES string of the molecule is C=CC(C)[Si](C)(C(C)C=C)C(C)C=C. The Morgan fingerprint density at radius 2 is 1.00 bits per heavy atom. The maximum absolute atomic E-state index is 3.93. The van der Waals surface area contributed by atoms with E-state index in [4.69, 9.17) is 0 Å². The molecule has 0 aromatic carbocycles. The fourth-order valence-electron chi connectivity index (χ4n) is 2.01. The fraction of sp³-hybridized carbons (Fsp3) is 0.538. The van der Waals surface area contributed by atoms with E-state index in [0.29, 0.717) is 16.6 Å². The van der Waals surface area contributed by atoms with Gasteiger partial charge in [0, 0.05) is 0 Å². The van der Waals surface area contributed by atoms with E-state index in [1.807, 2.05) is 0 Å². The zero-order chi connectivity index (χ0) is 11.4. The van der Waals surface area contributed by atoms with Gasteiger partial charge < -0.3 is 0 Å². The van der Waals surface area contributed by atoms with Crippen molar-refractivity contribution in [3.8, 4) is 0 Å². The van der Waals surface area contributed by atoms with Crippen molar-refractivity contribution in [3.63, 3.8) is 0 Å². The molecule has 0 fully saturated rings. The molecule has 3 atom stereocenters. The van der Waals surface area contributed by atoms with E-state index < -0.39 is 8.07 Å². The first-order chi connectivity index (χ1) is 6.44. The molecule has 0 aromatic heterocycles. The first-order valence-electron chi connectivity index (χ1n) is 5.32. The van der Waals surface area contributed by atoms with Crippen LogP contribution in [0, 0.1) is 0 Å². The van der Waals surface area contributed by atoms with Gasteiger partial charge in [-0.2, -0.15) is 0 Å². The van der Waals surface area contributed by atoms with Crippen molar-refractivity contribution < 1.29 is 0 Å². The summed E-state index contributed by atoms with van der Waals surface area (Å²) in [6.07, 6.45) is 6.27. The minimum atomic E-state index is -1.41. The molecular weight excluding hydrogens is 184 g/mol. The molecule has 0 radical (unpaired) electrons. The van der Waals surface area contributed by atoms with Crippen LogP contribution in [0.4, 0.5) is 0 Å². The fourth-order valence-corrected chi connectivity index (χ4v) is 6.02. The number of rotatable bonds is 6. The molecule has 3 unspecified atom stereocenters. The van der Waals surface area contributed by atoms with Gasteiger partial charge in [-0.3, -0.25) is 0 Å². The second-order valence-corrected chi connectivity index (χ2v) is 9.90. The molecule has 0 rings (SSSR count). The van der Waals surface area contributed by atoms with E-state index in [-0.39, 0.29) is 0 Å². The Hall–Kier alpha value is -0.563. The van der Waals surface area contributed by atoms with Crippen LogP contribution in [0.1, 0.15) is 20.8 Å². The topological polar surface area (TPSA) is 0 Å². The van der Waals surface area contributed by atoms with Gasteiger partial charge in [0.1, 0.15) is 0 Å². The summed E-state index contributed by atoms with van der Waals surface area (Å²) in [5, 5.41) is 0. The maximum atomic E-state index is 3.93. The number of hydrogen-bond donors (Lipinski definition) is 0. The summed E-state index contributed by atoms with van der Waals surface area (Å²) < 4.78 is 0. The highest BCUT2D eigenvalue weighted by Crippen LogP contribution is 2.43. The lowest BCUT2D eigenvalue weighted by atomic mass is 10.4. The van der Waals surface area contributed by atoms with Crippen molar-refractivity contribution in [2.75, 3.05) is 0 Å². The van der Waals surface area contributed by atoms with Crippen LogP contribution in [0.3, 0.4) is 0 Å². The van der Waals surface area contributed by atoms with Crippen LogP contribution in [0.25, 0.3) is 0 Å². The molecule has 1 heteroatoms. The van der Waals surface area contributed by atoms with Gasteiger partial charge >= 0.3 is 0 Å².